The second kappa shape index (κ2) is 13.2. The lowest BCUT2D eigenvalue weighted by molar-refractivity contribution is -0.153. The van der Waals surface area contributed by atoms with Crippen molar-refractivity contribution in [1.29, 1.82) is 0 Å². The molecule has 2 rings (SSSR count). The van der Waals surface area contributed by atoms with Crippen molar-refractivity contribution in [1.82, 2.24) is 4.90 Å². The van der Waals surface area contributed by atoms with E-state index in [-0.39, 0.29) is 36.9 Å². The summed E-state index contributed by atoms with van der Waals surface area (Å²) >= 11 is 0. The highest BCUT2D eigenvalue weighted by Gasteiger charge is 2.32. The number of unbranched alkanes of at least 4 members (excludes halogenated alkanes) is 2. The van der Waals surface area contributed by atoms with E-state index in [0.717, 1.165) is 23.6 Å². The summed E-state index contributed by atoms with van der Waals surface area (Å²) in [6.45, 7) is 5.37. The summed E-state index contributed by atoms with van der Waals surface area (Å²) in [4.78, 5) is 38.4. The lowest BCUT2D eigenvalue weighted by Gasteiger charge is -2.27. The number of carbonyl (C=O) groups excluding carboxylic acids is 2. The maximum Gasteiger partial charge on any atom is 0.325 e. The van der Waals surface area contributed by atoms with E-state index in [1.807, 2.05) is 25.1 Å². The van der Waals surface area contributed by atoms with Crippen LogP contribution >= 0.6 is 0 Å². The van der Waals surface area contributed by atoms with Crippen LogP contribution in [0.2, 0.25) is 0 Å². The molecule has 2 aromatic rings. The monoisotopic (exact) mass is 505 g/mol. The van der Waals surface area contributed by atoms with Gasteiger partial charge in [-0.1, -0.05) is 50.1 Å². The van der Waals surface area contributed by atoms with E-state index in [0.29, 0.717) is 6.42 Å². The Labute approximate surface area is 207 Å². The van der Waals surface area contributed by atoms with Crippen molar-refractivity contribution in [2.75, 3.05) is 18.8 Å². The molecule has 35 heavy (non-hydrogen) atoms. The quantitative estimate of drug-likeness (QED) is 0.304. The molecule has 1 unspecified atom stereocenters. The van der Waals surface area contributed by atoms with Crippen LogP contribution in [0.1, 0.15) is 52.9 Å². The van der Waals surface area contributed by atoms with Crippen molar-refractivity contribution in [3.05, 3.63) is 42.5 Å². The van der Waals surface area contributed by atoms with Gasteiger partial charge in [-0.2, -0.15) is 0 Å². The molecule has 1 amide bonds. The molecule has 0 aromatic heterocycles. The zero-order chi connectivity index (χ0) is 26.0. The van der Waals surface area contributed by atoms with Gasteiger partial charge in [-0.15, -0.1) is 0 Å². The van der Waals surface area contributed by atoms with Gasteiger partial charge < -0.3 is 14.7 Å². The molecule has 8 nitrogen and oxygen atoms in total. The van der Waals surface area contributed by atoms with Gasteiger partial charge >= 0.3 is 11.9 Å². The number of sulfone groups is 1. The molecule has 1 N–H and O–H groups in total. The normalized spacial score (nSPS) is 12.5. The number of nitrogens with zero attached hydrogens (tertiary/aromatic N) is 1. The minimum Gasteiger partial charge on any atom is -0.481 e. The Morgan fingerprint density at radius 1 is 1.03 bits per heavy atom. The van der Waals surface area contributed by atoms with Gasteiger partial charge in [-0.25, -0.2) is 8.42 Å². The Morgan fingerprint density at radius 2 is 1.71 bits per heavy atom. The predicted molar refractivity (Wildman–Crippen MR) is 134 cm³/mol. The number of rotatable bonds is 14. The Balaban J connectivity index is 2.31. The second-order valence-corrected chi connectivity index (χ2v) is 11.0. The van der Waals surface area contributed by atoms with Gasteiger partial charge in [0.1, 0.15) is 6.54 Å². The first-order valence-electron chi connectivity index (χ1n) is 11.9. The molecule has 192 valence electrons. The van der Waals surface area contributed by atoms with E-state index < -0.39 is 39.4 Å². The summed E-state index contributed by atoms with van der Waals surface area (Å²) < 4.78 is 31.7. The number of benzene rings is 2. The predicted octanol–water partition coefficient (Wildman–Crippen LogP) is 4.06. The molecule has 1 atom stereocenters. The van der Waals surface area contributed by atoms with E-state index in [9.17, 15) is 27.9 Å². The summed E-state index contributed by atoms with van der Waals surface area (Å²) in [7, 11) is -3.91. The first kappa shape index (κ1) is 28.3. The summed E-state index contributed by atoms with van der Waals surface area (Å²) in [6.07, 6.45) is 1.51. The van der Waals surface area contributed by atoms with Crippen LogP contribution in [0.15, 0.2) is 47.4 Å². The fourth-order valence-electron chi connectivity index (χ4n) is 3.83. The largest absolute Gasteiger partial charge is 0.481 e. The van der Waals surface area contributed by atoms with Crippen LogP contribution < -0.4 is 0 Å². The summed E-state index contributed by atoms with van der Waals surface area (Å²) in [5.41, 5.74) is 0. The Morgan fingerprint density at radius 3 is 2.34 bits per heavy atom. The van der Waals surface area contributed by atoms with Gasteiger partial charge in [0.2, 0.25) is 5.91 Å². The third kappa shape index (κ3) is 8.98. The number of hydrogen-bond donors (Lipinski definition) is 1. The third-order valence-corrected chi connectivity index (χ3v) is 7.40. The topological polar surface area (TPSA) is 118 Å². The molecule has 0 saturated heterocycles. The molecule has 0 spiro atoms. The fraction of sp³-hybridized carbons (Fsp3) is 0.500. The average Bonchev–Trinajstić information content (AvgIpc) is 2.79. The number of hydrogen-bond acceptors (Lipinski definition) is 6. The number of fused-ring (bicyclic) bond motifs is 1. The maximum atomic E-state index is 13.5. The molecular weight excluding hydrogens is 470 g/mol. The molecule has 0 aliphatic heterocycles. The lowest BCUT2D eigenvalue weighted by Crippen LogP contribution is -2.43. The first-order valence-corrected chi connectivity index (χ1v) is 13.6. The van der Waals surface area contributed by atoms with Crippen LogP contribution in [0.25, 0.3) is 10.8 Å². The zero-order valence-corrected chi connectivity index (χ0v) is 21.4. The molecule has 2 aromatic carbocycles. The van der Waals surface area contributed by atoms with E-state index in [1.54, 1.807) is 32.0 Å². The SMILES string of the molecule is CCCCCN(CC(=O)OC(C)C)C(=O)C(CCC(=O)O)CS(=O)(=O)c1ccc2ccccc2c1. The summed E-state index contributed by atoms with van der Waals surface area (Å²) in [6, 6.07) is 12.1. The minimum absolute atomic E-state index is 0.0704. The number of carboxylic acids is 1. The Hall–Kier alpha value is -2.94. The number of carboxylic acid groups (broad SMARTS) is 1. The van der Waals surface area contributed by atoms with Crippen LogP contribution in [0, 0.1) is 5.92 Å². The zero-order valence-electron chi connectivity index (χ0n) is 20.6. The number of esters is 1. The maximum absolute atomic E-state index is 13.5. The van der Waals surface area contributed by atoms with E-state index in [4.69, 9.17) is 4.74 Å². The van der Waals surface area contributed by atoms with Gasteiger partial charge in [-0.05, 0) is 49.6 Å². The highest BCUT2D eigenvalue weighted by atomic mass is 32.2. The number of amides is 1. The summed E-state index contributed by atoms with van der Waals surface area (Å²) in [5, 5.41) is 10.8. The average molecular weight is 506 g/mol. The summed E-state index contributed by atoms with van der Waals surface area (Å²) in [5.74, 6) is -3.90. The van der Waals surface area contributed by atoms with Crippen LogP contribution in [-0.2, 0) is 29.0 Å². The minimum atomic E-state index is -3.91. The Kier molecular flexibility index (Phi) is 10.7. The molecule has 0 aliphatic rings. The smallest absolute Gasteiger partial charge is 0.325 e. The lowest BCUT2D eigenvalue weighted by atomic mass is 10.0. The van der Waals surface area contributed by atoms with Crippen molar-refractivity contribution < 1.29 is 32.6 Å². The van der Waals surface area contributed by atoms with Gasteiger partial charge in [0.05, 0.1) is 22.7 Å². The van der Waals surface area contributed by atoms with E-state index in [1.165, 1.54) is 11.0 Å². The standard InChI is InChI=1S/C26H35NO7S/c1-4-5-8-15-27(17-25(30)34-19(2)3)26(31)22(12-14-24(28)29)18-35(32,33)23-13-11-20-9-6-7-10-21(20)16-23/h6-7,9-11,13,16,19,22H,4-5,8,12,14-15,17-18H2,1-3H3,(H,28,29). The second-order valence-electron chi connectivity index (χ2n) is 8.93. The van der Waals surface area contributed by atoms with Gasteiger partial charge in [-0.3, -0.25) is 14.4 Å². The van der Waals surface area contributed by atoms with Gasteiger partial charge in [0.25, 0.3) is 0 Å². The molecule has 0 heterocycles. The fourth-order valence-corrected chi connectivity index (χ4v) is 5.45. The first-order chi connectivity index (χ1) is 16.5. The van der Waals surface area contributed by atoms with E-state index in [2.05, 4.69) is 0 Å². The molecular formula is C26H35NO7S. The van der Waals surface area contributed by atoms with Crippen molar-refractivity contribution in [3.63, 3.8) is 0 Å². The van der Waals surface area contributed by atoms with Crippen molar-refractivity contribution in [2.45, 2.75) is 63.9 Å². The number of aliphatic carboxylic acids is 1. The van der Waals surface area contributed by atoms with Crippen LogP contribution in [0.3, 0.4) is 0 Å². The van der Waals surface area contributed by atoms with Gasteiger partial charge in [0.15, 0.2) is 9.84 Å². The molecule has 0 saturated carbocycles. The Bertz CT molecular complexity index is 1130. The molecule has 0 fully saturated rings. The molecule has 9 heteroatoms. The van der Waals surface area contributed by atoms with Gasteiger partial charge in [0, 0.05) is 13.0 Å². The molecule has 0 bridgehead atoms. The van der Waals surface area contributed by atoms with Crippen molar-refractivity contribution >= 4 is 38.5 Å². The highest BCUT2D eigenvalue weighted by Crippen LogP contribution is 2.24. The van der Waals surface area contributed by atoms with Crippen molar-refractivity contribution in [3.8, 4) is 0 Å². The van der Waals surface area contributed by atoms with Crippen molar-refractivity contribution in [2.24, 2.45) is 5.92 Å². The van der Waals surface area contributed by atoms with Crippen LogP contribution in [0.4, 0.5) is 0 Å². The van der Waals surface area contributed by atoms with Crippen LogP contribution in [-0.4, -0.2) is 61.2 Å². The molecule has 0 radical (unpaired) electrons. The van der Waals surface area contributed by atoms with Crippen LogP contribution in [0.5, 0.6) is 0 Å². The number of carbonyl (C=O) groups is 3. The number of ether oxygens (including phenoxy) is 1. The third-order valence-electron chi connectivity index (χ3n) is 5.59. The highest BCUT2D eigenvalue weighted by molar-refractivity contribution is 7.91. The van der Waals surface area contributed by atoms with E-state index >= 15 is 0 Å². The molecule has 0 aliphatic carbocycles.